The summed E-state index contributed by atoms with van der Waals surface area (Å²) in [6, 6.07) is 7.12. The molecular formula is C14H14Cl2N4O2S. The van der Waals surface area contributed by atoms with Crippen LogP contribution in [0.4, 0.5) is 17.2 Å². The third-order valence-electron chi connectivity index (χ3n) is 3.49. The predicted molar refractivity (Wildman–Crippen MR) is 92.1 cm³/mol. The SMILES string of the molecule is O=S1(=O)CCCCN1c1ccccc1Nc1nc(Cl)ncc1Cl. The number of nitrogens with zero attached hydrogens (tertiary/aromatic N) is 3. The smallest absolute Gasteiger partial charge is 0.235 e. The van der Waals surface area contributed by atoms with Crippen molar-refractivity contribution >= 4 is 50.4 Å². The number of rotatable bonds is 3. The Morgan fingerprint density at radius 3 is 2.74 bits per heavy atom. The van der Waals surface area contributed by atoms with Crippen molar-refractivity contribution < 1.29 is 8.42 Å². The molecule has 3 rings (SSSR count). The highest BCUT2D eigenvalue weighted by molar-refractivity contribution is 7.92. The normalized spacial score (nSPS) is 17.0. The summed E-state index contributed by atoms with van der Waals surface area (Å²) in [6.07, 6.45) is 2.90. The minimum Gasteiger partial charge on any atom is -0.337 e. The Hall–Kier alpha value is -1.57. The molecule has 1 saturated heterocycles. The largest absolute Gasteiger partial charge is 0.337 e. The summed E-state index contributed by atoms with van der Waals surface area (Å²) in [5, 5.41) is 3.40. The maximum absolute atomic E-state index is 12.3. The van der Waals surface area contributed by atoms with Crippen molar-refractivity contribution in [2.24, 2.45) is 0 Å². The van der Waals surface area contributed by atoms with Crippen molar-refractivity contribution in [2.75, 3.05) is 21.9 Å². The Labute approximate surface area is 144 Å². The number of aromatic nitrogens is 2. The van der Waals surface area contributed by atoms with Gasteiger partial charge in [0.25, 0.3) is 0 Å². The summed E-state index contributed by atoms with van der Waals surface area (Å²) in [6.45, 7) is 0.458. The molecule has 122 valence electrons. The molecule has 1 aromatic heterocycles. The van der Waals surface area contributed by atoms with Crippen LogP contribution in [-0.2, 0) is 10.0 Å². The number of benzene rings is 1. The molecule has 9 heteroatoms. The van der Waals surface area contributed by atoms with Gasteiger partial charge in [-0.05, 0) is 36.6 Å². The molecule has 23 heavy (non-hydrogen) atoms. The van der Waals surface area contributed by atoms with E-state index in [9.17, 15) is 8.42 Å². The molecule has 1 N–H and O–H groups in total. The van der Waals surface area contributed by atoms with E-state index in [4.69, 9.17) is 23.2 Å². The summed E-state index contributed by atoms with van der Waals surface area (Å²) < 4.78 is 26.1. The highest BCUT2D eigenvalue weighted by atomic mass is 35.5. The fourth-order valence-corrected chi connectivity index (χ4v) is 4.34. The van der Waals surface area contributed by atoms with Gasteiger partial charge in [0, 0.05) is 6.54 Å². The summed E-state index contributed by atoms with van der Waals surface area (Å²) in [5.41, 5.74) is 1.16. The maximum atomic E-state index is 12.3. The first kappa shape index (κ1) is 16.3. The van der Waals surface area contributed by atoms with Gasteiger partial charge in [0.1, 0.15) is 5.02 Å². The van der Waals surface area contributed by atoms with Crippen molar-refractivity contribution in [3.05, 3.63) is 40.8 Å². The number of hydrogen-bond donors (Lipinski definition) is 1. The van der Waals surface area contributed by atoms with Crippen LogP contribution < -0.4 is 9.62 Å². The Morgan fingerprint density at radius 1 is 1.17 bits per heavy atom. The van der Waals surface area contributed by atoms with Gasteiger partial charge in [0.15, 0.2) is 5.82 Å². The lowest BCUT2D eigenvalue weighted by atomic mass is 10.2. The Morgan fingerprint density at radius 2 is 1.96 bits per heavy atom. The fraction of sp³-hybridized carbons (Fsp3) is 0.286. The minimum absolute atomic E-state index is 0.0555. The Kier molecular flexibility index (Phi) is 4.61. The van der Waals surface area contributed by atoms with E-state index < -0.39 is 10.0 Å². The molecule has 0 aliphatic carbocycles. The standard InChI is InChI=1S/C14H14Cl2N4O2S/c15-10-9-17-14(16)19-13(10)18-11-5-1-2-6-12(11)20-7-3-4-8-23(20,21)22/h1-2,5-6,9H,3-4,7-8H2,(H,17,18,19). The van der Waals surface area contributed by atoms with Crippen LogP contribution in [0.15, 0.2) is 30.5 Å². The molecule has 0 unspecified atom stereocenters. The molecule has 0 bridgehead atoms. The quantitative estimate of drug-likeness (QED) is 0.834. The molecule has 2 heterocycles. The van der Waals surface area contributed by atoms with E-state index in [1.54, 1.807) is 24.3 Å². The molecule has 1 aliphatic heterocycles. The monoisotopic (exact) mass is 372 g/mol. The number of hydrogen-bond acceptors (Lipinski definition) is 5. The van der Waals surface area contributed by atoms with Crippen molar-refractivity contribution in [1.82, 2.24) is 9.97 Å². The average Bonchev–Trinajstić information content (AvgIpc) is 2.51. The van der Waals surface area contributed by atoms with Crippen LogP contribution in [0, 0.1) is 0 Å². The number of nitrogens with one attached hydrogen (secondary N) is 1. The molecule has 0 amide bonds. The van der Waals surface area contributed by atoms with E-state index in [-0.39, 0.29) is 11.0 Å². The lowest BCUT2D eigenvalue weighted by molar-refractivity contribution is 0.574. The molecule has 0 saturated carbocycles. The first-order chi connectivity index (χ1) is 11.0. The molecule has 6 nitrogen and oxygen atoms in total. The lowest BCUT2D eigenvalue weighted by Gasteiger charge is -2.30. The second-order valence-corrected chi connectivity index (χ2v) is 7.83. The fourth-order valence-electron chi connectivity index (χ4n) is 2.42. The van der Waals surface area contributed by atoms with E-state index >= 15 is 0 Å². The molecule has 2 aromatic rings. The van der Waals surface area contributed by atoms with Crippen molar-refractivity contribution in [3.8, 4) is 0 Å². The van der Waals surface area contributed by atoms with E-state index in [0.29, 0.717) is 35.2 Å². The van der Waals surface area contributed by atoms with E-state index in [2.05, 4.69) is 15.3 Å². The second-order valence-electron chi connectivity index (χ2n) is 5.07. The summed E-state index contributed by atoms with van der Waals surface area (Å²) in [5.74, 6) is 0.482. The zero-order chi connectivity index (χ0) is 16.4. The zero-order valence-electron chi connectivity index (χ0n) is 12.0. The van der Waals surface area contributed by atoms with Gasteiger partial charge in [0.05, 0.1) is 23.3 Å². The van der Waals surface area contributed by atoms with E-state index in [1.807, 2.05) is 0 Å². The first-order valence-corrected chi connectivity index (χ1v) is 9.38. The number of halogens is 2. The lowest BCUT2D eigenvalue weighted by Crippen LogP contribution is -2.38. The predicted octanol–water partition coefficient (Wildman–Crippen LogP) is 3.46. The summed E-state index contributed by atoms with van der Waals surface area (Å²) >= 11 is 11.9. The summed E-state index contributed by atoms with van der Waals surface area (Å²) in [4.78, 5) is 7.83. The Bertz CT molecular complexity index is 829. The highest BCUT2D eigenvalue weighted by Gasteiger charge is 2.27. The number of anilines is 3. The van der Waals surface area contributed by atoms with Crippen LogP contribution in [0.3, 0.4) is 0 Å². The van der Waals surface area contributed by atoms with E-state index in [1.165, 1.54) is 10.5 Å². The van der Waals surface area contributed by atoms with Crippen LogP contribution in [0.2, 0.25) is 10.3 Å². The van der Waals surface area contributed by atoms with Crippen molar-refractivity contribution in [2.45, 2.75) is 12.8 Å². The maximum Gasteiger partial charge on any atom is 0.235 e. The van der Waals surface area contributed by atoms with Crippen molar-refractivity contribution in [3.63, 3.8) is 0 Å². The van der Waals surface area contributed by atoms with E-state index in [0.717, 1.165) is 6.42 Å². The first-order valence-electron chi connectivity index (χ1n) is 7.02. The number of para-hydroxylation sites is 2. The third kappa shape index (κ3) is 3.52. The molecule has 1 fully saturated rings. The molecule has 0 radical (unpaired) electrons. The molecule has 1 aromatic carbocycles. The van der Waals surface area contributed by atoms with Gasteiger partial charge in [-0.3, -0.25) is 4.31 Å². The van der Waals surface area contributed by atoms with Gasteiger partial charge in [-0.25, -0.2) is 13.4 Å². The van der Waals surface area contributed by atoms with Crippen molar-refractivity contribution in [1.29, 1.82) is 0 Å². The average molecular weight is 373 g/mol. The van der Waals surface area contributed by atoms with Gasteiger partial charge in [-0.1, -0.05) is 23.7 Å². The molecule has 1 aliphatic rings. The highest BCUT2D eigenvalue weighted by Crippen LogP contribution is 2.33. The second kappa shape index (κ2) is 6.51. The number of sulfonamides is 1. The van der Waals surface area contributed by atoms with Gasteiger partial charge >= 0.3 is 0 Å². The van der Waals surface area contributed by atoms with Crippen LogP contribution in [-0.4, -0.2) is 30.7 Å². The molecular weight excluding hydrogens is 359 g/mol. The Balaban J connectivity index is 2.00. The third-order valence-corrected chi connectivity index (χ3v) is 5.80. The van der Waals surface area contributed by atoms with Crippen LogP contribution in [0.5, 0.6) is 0 Å². The van der Waals surface area contributed by atoms with Crippen LogP contribution in [0.1, 0.15) is 12.8 Å². The van der Waals surface area contributed by atoms with Gasteiger partial charge in [0.2, 0.25) is 15.3 Å². The van der Waals surface area contributed by atoms with Crippen LogP contribution >= 0.6 is 23.2 Å². The topological polar surface area (TPSA) is 75.2 Å². The van der Waals surface area contributed by atoms with Crippen LogP contribution in [0.25, 0.3) is 0 Å². The molecule has 0 spiro atoms. The van der Waals surface area contributed by atoms with Gasteiger partial charge in [-0.15, -0.1) is 0 Å². The minimum atomic E-state index is -3.31. The molecule has 0 atom stereocenters. The van der Waals surface area contributed by atoms with Gasteiger partial charge in [-0.2, -0.15) is 4.98 Å². The summed E-state index contributed by atoms with van der Waals surface area (Å²) in [7, 11) is -3.31. The van der Waals surface area contributed by atoms with Gasteiger partial charge < -0.3 is 5.32 Å². The zero-order valence-corrected chi connectivity index (χ0v) is 14.4.